The molecule has 19 heavy (non-hydrogen) atoms. The van der Waals surface area contributed by atoms with Crippen molar-refractivity contribution in [2.75, 3.05) is 40.3 Å². The molecule has 0 saturated carbocycles. The average Bonchev–Trinajstić information content (AvgIpc) is 2.45. The van der Waals surface area contributed by atoms with Crippen LogP contribution in [0.25, 0.3) is 0 Å². The fourth-order valence-corrected chi connectivity index (χ4v) is 2.27. The van der Waals surface area contributed by atoms with Crippen LogP contribution in [0.15, 0.2) is 24.4 Å². The lowest BCUT2D eigenvalue weighted by atomic mass is 10.2. The van der Waals surface area contributed by atoms with Gasteiger partial charge in [-0.2, -0.15) is 0 Å². The molecule has 0 aliphatic carbocycles. The Labute approximate surface area is 114 Å². The van der Waals surface area contributed by atoms with Crippen molar-refractivity contribution in [3.63, 3.8) is 0 Å². The Balaban J connectivity index is 1.82. The van der Waals surface area contributed by atoms with Crippen molar-refractivity contribution in [3.05, 3.63) is 30.1 Å². The number of amides is 1. The SMILES string of the molecule is CN1CCNC(C(=O)N(C)CCc2ccccn2)C1. The number of piperazine rings is 1. The summed E-state index contributed by atoms with van der Waals surface area (Å²) in [6, 6.07) is 5.79. The summed E-state index contributed by atoms with van der Waals surface area (Å²) in [7, 11) is 3.91. The zero-order chi connectivity index (χ0) is 13.7. The molecule has 1 aliphatic rings. The van der Waals surface area contributed by atoms with Gasteiger partial charge in [-0.15, -0.1) is 0 Å². The predicted octanol–water partition coefficient (Wildman–Crippen LogP) is -0.0139. The fourth-order valence-electron chi connectivity index (χ4n) is 2.27. The Hall–Kier alpha value is -1.46. The van der Waals surface area contributed by atoms with E-state index in [0.717, 1.165) is 31.7 Å². The van der Waals surface area contributed by atoms with E-state index in [2.05, 4.69) is 22.2 Å². The average molecular weight is 262 g/mol. The number of hydrogen-bond donors (Lipinski definition) is 1. The van der Waals surface area contributed by atoms with E-state index >= 15 is 0 Å². The summed E-state index contributed by atoms with van der Waals surface area (Å²) in [4.78, 5) is 20.5. The maximum atomic E-state index is 12.3. The van der Waals surface area contributed by atoms with Crippen LogP contribution in [0.3, 0.4) is 0 Å². The summed E-state index contributed by atoms with van der Waals surface area (Å²) in [5.41, 5.74) is 1.02. The normalized spacial score (nSPS) is 20.2. The van der Waals surface area contributed by atoms with Crippen LogP contribution in [-0.2, 0) is 11.2 Å². The van der Waals surface area contributed by atoms with Gasteiger partial charge in [0.2, 0.25) is 5.91 Å². The van der Waals surface area contributed by atoms with Crippen molar-refractivity contribution in [1.82, 2.24) is 20.1 Å². The van der Waals surface area contributed by atoms with Gasteiger partial charge in [-0.3, -0.25) is 9.78 Å². The highest BCUT2D eigenvalue weighted by atomic mass is 16.2. The third kappa shape index (κ3) is 4.01. The molecule has 1 N–H and O–H groups in total. The molecule has 1 atom stereocenters. The summed E-state index contributed by atoms with van der Waals surface area (Å²) < 4.78 is 0. The van der Waals surface area contributed by atoms with Crippen LogP contribution in [0.2, 0.25) is 0 Å². The predicted molar refractivity (Wildman–Crippen MR) is 74.9 cm³/mol. The molecule has 1 aliphatic heterocycles. The van der Waals surface area contributed by atoms with Gasteiger partial charge in [-0.05, 0) is 19.2 Å². The molecule has 1 aromatic heterocycles. The lowest BCUT2D eigenvalue weighted by Crippen LogP contribution is -2.56. The minimum Gasteiger partial charge on any atom is -0.344 e. The summed E-state index contributed by atoms with van der Waals surface area (Å²) in [6.45, 7) is 3.37. The first-order valence-electron chi connectivity index (χ1n) is 6.73. The molecule has 1 amide bonds. The van der Waals surface area contributed by atoms with Gasteiger partial charge in [0.05, 0.1) is 6.04 Å². The highest BCUT2D eigenvalue weighted by Gasteiger charge is 2.25. The van der Waals surface area contributed by atoms with Crippen molar-refractivity contribution in [3.8, 4) is 0 Å². The minimum absolute atomic E-state index is 0.0764. The molecule has 2 heterocycles. The summed E-state index contributed by atoms with van der Waals surface area (Å²) >= 11 is 0. The lowest BCUT2D eigenvalue weighted by molar-refractivity contribution is -0.133. The van der Waals surface area contributed by atoms with Crippen molar-refractivity contribution >= 4 is 5.91 Å². The molecule has 0 bridgehead atoms. The number of pyridine rings is 1. The number of hydrogen-bond acceptors (Lipinski definition) is 4. The maximum absolute atomic E-state index is 12.3. The summed E-state index contributed by atoms with van der Waals surface area (Å²) in [6.07, 6.45) is 2.58. The van der Waals surface area contributed by atoms with E-state index in [9.17, 15) is 4.79 Å². The van der Waals surface area contributed by atoms with Crippen molar-refractivity contribution in [2.24, 2.45) is 0 Å². The molecular weight excluding hydrogens is 240 g/mol. The number of aromatic nitrogens is 1. The second-order valence-corrected chi connectivity index (χ2v) is 5.10. The van der Waals surface area contributed by atoms with E-state index in [1.54, 1.807) is 11.1 Å². The summed E-state index contributed by atoms with van der Waals surface area (Å²) in [5.74, 6) is 0.169. The third-order valence-electron chi connectivity index (χ3n) is 3.48. The van der Waals surface area contributed by atoms with Gasteiger partial charge in [0.25, 0.3) is 0 Å². The van der Waals surface area contributed by atoms with Crippen LogP contribution in [0.4, 0.5) is 0 Å². The highest BCUT2D eigenvalue weighted by molar-refractivity contribution is 5.82. The molecule has 104 valence electrons. The van der Waals surface area contributed by atoms with Gasteiger partial charge in [0, 0.05) is 51.5 Å². The molecule has 5 nitrogen and oxygen atoms in total. The second kappa shape index (κ2) is 6.63. The Bertz CT molecular complexity index is 409. The van der Waals surface area contributed by atoms with Crippen molar-refractivity contribution in [2.45, 2.75) is 12.5 Å². The maximum Gasteiger partial charge on any atom is 0.240 e. The Kier molecular flexibility index (Phi) is 4.87. The van der Waals surface area contributed by atoms with Crippen LogP contribution >= 0.6 is 0 Å². The quantitative estimate of drug-likeness (QED) is 0.829. The zero-order valence-corrected chi connectivity index (χ0v) is 11.7. The minimum atomic E-state index is -0.0764. The van der Waals surface area contributed by atoms with E-state index in [4.69, 9.17) is 0 Å². The third-order valence-corrected chi connectivity index (χ3v) is 3.48. The van der Waals surface area contributed by atoms with Crippen LogP contribution < -0.4 is 5.32 Å². The largest absolute Gasteiger partial charge is 0.344 e. The zero-order valence-electron chi connectivity index (χ0n) is 11.7. The number of nitrogens with zero attached hydrogens (tertiary/aromatic N) is 3. The molecule has 0 radical (unpaired) electrons. The molecular formula is C14H22N4O. The smallest absolute Gasteiger partial charge is 0.240 e. The Morgan fingerprint density at radius 2 is 2.42 bits per heavy atom. The second-order valence-electron chi connectivity index (χ2n) is 5.10. The summed E-state index contributed by atoms with van der Waals surface area (Å²) in [5, 5.41) is 3.28. The highest BCUT2D eigenvalue weighted by Crippen LogP contribution is 2.02. The van der Waals surface area contributed by atoms with E-state index in [1.807, 2.05) is 25.2 Å². The topological polar surface area (TPSA) is 48.5 Å². The number of rotatable bonds is 4. The van der Waals surface area contributed by atoms with Gasteiger partial charge in [0.1, 0.15) is 0 Å². The number of likely N-dealkylation sites (N-methyl/N-ethyl adjacent to an activating group) is 2. The van der Waals surface area contributed by atoms with Crippen LogP contribution in [0.5, 0.6) is 0 Å². The molecule has 1 unspecified atom stereocenters. The van der Waals surface area contributed by atoms with E-state index in [0.29, 0.717) is 6.54 Å². The van der Waals surface area contributed by atoms with E-state index in [1.165, 1.54) is 0 Å². The van der Waals surface area contributed by atoms with Crippen molar-refractivity contribution in [1.29, 1.82) is 0 Å². The molecule has 5 heteroatoms. The first kappa shape index (κ1) is 14.0. The van der Waals surface area contributed by atoms with E-state index < -0.39 is 0 Å². The molecule has 2 rings (SSSR count). The first-order valence-corrected chi connectivity index (χ1v) is 6.73. The van der Waals surface area contributed by atoms with Crippen LogP contribution in [0.1, 0.15) is 5.69 Å². The van der Waals surface area contributed by atoms with Crippen LogP contribution in [-0.4, -0.2) is 67.0 Å². The molecule has 0 spiro atoms. The van der Waals surface area contributed by atoms with Gasteiger partial charge in [-0.25, -0.2) is 0 Å². The standard InChI is InChI=1S/C14H22N4O/c1-17-10-8-16-13(11-17)14(19)18(2)9-6-12-5-3-4-7-15-12/h3-5,7,13,16H,6,8-11H2,1-2H3. The molecule has 0 aromatic carbocycles. The Morgan fingerprint density at radius 3 is 3.11 bits per heavy atom. The molecule has 1 saturated heterocycles. The molecule has 1 aromatic rings. The van der Waals surface area contributed by atoms with Crippen molar-refractivity contribution < 1.29 is 4.79 Å². The first-order chi connectivity index (χ1) is 9.16. The number of carbonyl (C=O) groups is 1. The van der Waals surface area contributed by atoms with Gasteiger partial charge in [-0.1, -0.05) is 6.07 Å². The Morgan fingerprint density at radius 1 is 1.58 bits per heavy atom. The van der Waals surface area contributed by atoms with Gasteiger partial charge < -0.3 is 15.1 Å². The van der Waals surface area contributed by atoms with Gasteiger partial charge in [0.15, 0.2) is 0 Å². The number of nitrogens with one attached hydrogen (secondary N) is 1. The molecule has 1 fully saturated rings. The van der Waals surface area contributed by atoms with Crippen LogP contribution in [0, 0.1) is 0 Å². The monoisotopic (exact) mass is 262 g/mol. The fraction of sp³-hybridized carbons (Fsp3) is 0.571. The van der Waals surface area contributed by atoms with E-state index in [-0.39, 0.29) is 11.9 Å². The number of carbonyl (C=O) groups excluding carboxylic acids is 1. The van der Waals surface area contributed by atoms with Gasteiger partial charge >= 0.3 is 0 Å². The lowest BCUT2D eigenvalue weighted by Gasteiger charge is -2.32.